The highest BCUT2D eigenvalue weighted by atomic mass is 16.5. The molecule has 4 rings (SSSR count). The van der Waals surface area contributed by atoms with Crippen molar-refractivity contribution in [2.45, 2.75) is 20.8 Å². The summed E-state index contributed by atoms with van der Waals surface area (Å²) < 4.78 is 7.36. The van der Waals surface area contributed by atoms with E-state index in [1.54, 1.807) is 35.1 Å². The summed E-state index contributed by atoms with van der Waals surface area (Å²) in [5.74, 6) is 1.40. The predicted molar refractivity (Wildman–Crippen MR) is 104 cm³/mol. The van der Waals surface area contributed by atoms with E-state index in [4.69, 9.17) is 4.74 Å². The fraction of sp³-hybridized carbons (Fsp3) is 0.150. The van der Waals surface area contributed by atoms with Gasteiger partial charge in [0.2, 0.25) is 5.82 Å². The van der Waals surface area contributed by atoms with Crippen molar-refractivity contribution >= 4 is 17.4 Å². The number of ether oxygens (including phenoxy) is 1. The van der Waals surface area contributed by atoms with Gasteiger partial charge in [0.05, 0.1) is 6.20 Å². The molecule has 0 bridgehead atoms. The maximum atomic E-state index is 12.6. The highest BCUT2D eigenvalue weighted by molar-refractivity contribution is 6.01. The van der Waals surface area contributed by atoms with Gasteiger partial charge in [0.1, 0.15) is 11.5 Å². The Hall–Kier alpha value is -3.81. The summed E-state index contributed by atoms with van der Waals surface area (Å²) in [4.78, 5) is 25.1. The van der Waals surface area contributed by atoms with Crippen molar-refractivity contribution in [2.75, 3.05) is 5.32 Å². The number of pyridine rings is 1. The van der Waals surface area contributed by atoms with Crippen molar-refractivity contribution in [3.8, 4) is 11.5 Å². The molecule has 3 heterocycles. The normalized spacial score (nSPS) is 10.8. The highest BCUT2D eigenvalue weighted by Crippen LogP contribution is 2.27. The molecule has 140 valence electrons. The van der Waals surface area contributed by atoms with Gasteiger partial charge in [-0.05, 0) is 62.7 Å². The van der Waals surface area contributed by atoms with Crippen LogP contribution in [0.15, 0.2) is 48.8 Å². The Balaban J connectivity index is 1.53. The Morgan fingerprint density at radius 3 is 2.71 bits per heavy atom. The molecule has 0 aliphatic carbocycles. The second kappa shape index (κ2) is 7.07. The van der Waals surface area contributed by atoms with E-state index in [0.717, 1.165) is 17.0 Å². The van der Waals surface area contributed by atoms with Crippen LogP contribution < -0.4 is 10.1 Å². The summed E-state index contributed by atoms with van der Waals surface area (Å²) in [6.45, 7) is 5.67. The van der Waals surface area contributed by atoms with Gasteiger partial charge in [0, 0.05) is 23.3 Å². The summed E-state index contributed by atoms with van der Waals surface area (Å²) >= 11 is 0. The first-order valence-corrected chi connectivity index (χ1v) is 8.70. The third-order valence-electron chi connectivity index (χ3n) is 4.12. The molecule has 1 amide bonds. The molecular weight excluding hydrogens is 356 g/mol. The topological polar surface area (TPSA) is 94.3 Å². The number of nitrogens with one attached hydrogen (secondary N) is 1. The van der Waals surface area contributed by atoms with E-state index in [1.165, 1.54) is 0 Å². The minimum Gasteiger partial charge on any atom is -0.455 e. The first-order valence-electron chi connectivity index (χ1n) is 8.70. The second-order valence-electron chi connectivity index (χ2n) is 6.41. The van der Waals surface area contributed by atoms with Gasteiger partial charge in [-0.3, -0.25) is 9.78 Å². The number of aryl methyl sites for hydroxylation is 3. The van der Waals surface area contributed by atoms with Crippen LogP contribution in [0.4, 0.5) is 5.69 Å². The fourth-order valence-electron chi connectivity index (χ4n) is 2.83. The van der Waals surface area contributed by atoms with Gasteiger partial charge in [-0.25, -0.2) is 9.50 Å². The number of amides is 1. The number of fused-ring (bicyclic) bond motifs is 1. The monoisotopic (exact) mass is 374 g/mol. The van der Waals surface area contributed by atoms with Crippen LogP contribution in [0, 0.1) is 20.8 Å². The number of hydrogen-bond acceptors (Lipinski definition) is 6. The molecule has 28 heavy (non-hydrogen) atoms. The van der Waals surface area contributed by atoms with Crippen LogP contribution in [-0.4, -0.2) is 30.5 Å². The summed E-state index contributed by atoms with van der Waals surface area (Å²) in [6.07, 6.45) is 3.33. The number of nitrogens with zero attached hydrogens (tertiary/aromatic N) is 5. The molecule has 0 unspecified atom stereocenters. The number of anilines is 1. The van der Waals surface area contributed by atoms with E-state index >= 15 is 0 Å². The lowest BCUT2D eigenvalue weighted by Crippen LogP contribution is -2.14. The number of hydrogen-bond donors (Lipinski definition) is 1. The van der Waals surface area contributed by atoms with Gasteiger partial charge in [-0.2, -0.15) is 4.98 Å². The van der Waals surface area contributed by atoms with Crippen molar-refractivity contribution in [3.05, 3.63) is 71.6 Å². The lowest BCUT2D eigenvalue weighted by molar-refractivity contribution is 0.101. The van der Waals surface area contributed by atoms with Crippen molar-refractivity contribution in [3.63, 3.8) is 0 Å². The van der Waals surface area contributed by atoms with E-state index in [0.29, 0.717) is 23.0 Å². The summed E-state index contributed by atoms with van der Waals surface area (Å²) in [7, 11) is 0. The molecule has 0 fully saturated rings. The van der Waals surface area contributed by atoms with Crippen molar-refractivity contribution in [1.29, 1.82) is 0 Å². The third-order valence-corrected chi connectivity index (χ3v) is 4.12. The minimum absolute atomic E-state index is 0.0644. The Kier molecular flexibility index (Phi) is 4.44. The fourth-order valence-corrected chi connectivity index (χ4v) is 2.83. The predicted octanol–water partition coefficient (Wildman–Crippen LogP) is 3.49. The average Bonchev–Trinajstić information content (AvgIpc) is 3.09. The molecule has 1 aromatic carbocycles. The molecule has 0 atom stereocenters. The van der Waals surface area contributed by atoms with Crippen LogP contribution in [0.1, 0.15) is 27.6 Å². The lowest BCUT2D eigenvalue weighted by Gasteiger charge is -2.10. The number of carbonyl (C=O) groups excluding carboxylic acids is 1. The molecule has 0 radical (unpaired) electrons. The molecule has 0 saturated heterocycles. The second-order valence-corrected chi connectivity index (χ2v) is 6.41. The Bertz CT molecular complexity index is 1170. The molecule has 0 aliphatic rings. The number of benzene rings is 1. The Morgan fingerprint density at radius 1 is 1.11 bits per heavy atom. The molecule has 0 spiro atoms. The zero-order chi connectivity index (χ0) is 19.7. The zero-order valence-electron chi connectivity index (χ0n) is 15.7. The van der Waals surface area contributed by atoms with Gasteiger partial charge < -0.3 is 10.1 Å². The van der Waals surface area contributed by atoms with Gasteiger partial charge in [-0.1, -0.05) is 0 Å². The van der Waals surface area contributed by atoms with E-state index < -0.39 is 5.91 Å². The van der Waals surface area contributed by atoms with E-state index in [-0.39, 0.29) is 5.82 Å². The van der Waals surface area contributed by atoms with Crippen molar-refractivity contribution < 1.29 is 9.53 Å². The standard InChI is InChI=1S/C20H18N6O2/c1-12-9-15(6-7-17(12)28-16-5-4-8-21-11-16)23-19(27)18-24-20-22-13(2)10-14(3)26(20)25-18/h4-11H,1-3H3,(H,23,27). The van der Waals surface area contributed by atoms with Crippen LogP contribution in [0.25, 0.3) is 5.78 Å². The zero-order valence-corrected chi connectivity index (χ0v) is 15.7. The lowest BCUT2D eigenvalue weighted by atomic mass is 10.2. The van der Waals surface area contributed by atoms with Crippen LogP contribution in [0.3, 0.4) is 0 Å². The molecule has 0 saturated carbocycles. The van der Waals surface area contributed by atoms with Gasteiger partial charge >= 0.3 is 0 Å². The minimum atomic E-state index is -0.400. The van der Waals surface area contributed by atoms with Crippen molar-refractivity contribution in [1.82, 2.24) is 24.6 Å². The quantitative estimate of drug-likeness (QED) is 0.588. The van der Waals surface area contributed by atoms with Gasteiger partial charge in [0.15, 0.2) is 0 Å². The van der Waals surface area contributed by atoms with E-state index in [9.17, 15) is 4.79 Å². The summed E-state index contributed by atoms with van der Waals surface area (Å²) in [6, 6.07) is 10.9. The summed E-state index contributed by atoms with van der Waals surface area (Å²) in [5, 5.41) is 7.06. The third kappa shape index (κ3) is 3.52. The molecule has 8 nitrogen and oxygen atoms in total. The summed E-state index contributed by atoms with van der Waals surface area (Å²) in [5.41, 5.74) is 3.18. The van der Waals surface area contributed by atoms with Crippen LogP contribution >= 0.6 is 0 Å². The van der Waals surface area contributed by atoms with Crippen LogP contribution in [0.5, 0.6) is 11.5 Å². The smallest absolute Gasteiger partial charge is 0.295 e. The molecule has 4 aromatic rings. The number of rotatable bonds is 4. The maximum absolute atomic E-state index is 12.6. The largest absolute Gasteiger partial charge is 0.455 e. The molecule has 3 aromatic heterocycles. The Labute approximate surface area is 161 Å². The maximum Gasteiger partial charge on any atom is 0.295 e. The molecule has 8 heteroatoms. The van der Waals surface area contributed by atoms with E-state index in [1.807, 2.05) is 39.0 Å². The van der Waals surface area contributed by atoms with E-state index in [2.05, 4.69) is 25.4 Å². The first-order chi connectivity index (χ1) is 13.5. The van der Waals surface area contributed by atoms with Crippen LogP contribution in [0.2, 0.25) is 0 Å². The average molecular weight is 374 g/mol. The van der Waals surface area contributed by atoms with Gasteiger partial charge in [-0.15, -0.1) is 5.10 Å². The first kappa shape index (κ1) is 17.6. The molecule has 1 N–H and O–H groups in total. The van der Waals surface area contributed by atoms with Crippen LogP contribution in [-0.2, 0) is 0 Å². The van der Waals surface area contributed by atoms with Gasteiger partial charge in [0.25, 0.3) is 11.7 Å². The highest BCUT2D eigenvalue weighted by Gasteiger charge is 2.15. The Morgan fingerprint density at radius 2 is 1.96 bits per heavy atom. The molecule has 0 aliphatic heterocycles. The molecular formula is C20H18N6O2. The number of carbonyl (C=O) groups is 1. The SMILES string of the molecule is Cc1cc(C)n2nc(C(=O)Nc3ccc(Oc4cccnc4)c(C)c3)nc2n1. The van der Waals surface area contributed by atoms with Crippen molar-refractivity contribution in [2.24, 2.45) is 0 Å². The number of aromatic nitrogens is 5.